The minimum atomic E-state index is -0.826. The van der Waals surface area contributed by atoms with E-state index in [9.17, 15) is 10.1 Å². The van der Waals surface area contributed by atoms with Crippen LogP contribution in [-0.4, -0.2) is 12.5 Å². The van der Waals surface area contributed by atoms with Gasteiger partial charge in [0.1, 0.15) is 5.41 Å². The Hall–Kier alpha value is -1.48. The summed E-state index contributed by atoms with van der Waals surface area (Å²) in [6, 6.07) is 2.19. The van der Waals surface area contributed by atoms with Gasteiger partial charge in [0.15, 0.2) is 0 Å². The molecule has 0 aliphatic heterocycles. The minimum Gasteiger partial charge on any atom is -0.344 e. The first-order chi connectivity index (χ1) is 7.25. The molecule has 0 spiro atoms. The van der Waals surface area contributed by atoms with Crippen molar-refractivity contribution in [3.05, 3.63) is 0 Å². The molecule has 1 aliphatic rings. The van der Waals surface area contributed by atoms with E-state index in [2.05, 4.69) is 17.3 Å². The van der Waals surface area contributed by atoms with Crippen LogP contribution < -0.4 is 5.32 Å². The zero-order chi connectivity index (χ0) is 11.1. The number of nitrogens with zero attached hydrogens (tertiary/aromatic N) is 1. The van der Waals surface area contributed by atoms with Crippen molar-refractivity contribution in [2.75, 3.05) is 6.54 Å². The van der Waals surface area contributed by atoms with Crippen LogP contribution in [-0.2, 0) is 4.79 Å². The third-order valence-electron chi connectivity index (χ3n) is 2.96. The number of carbonyl (C=O) groups excluding carboxylic acids is 1. The highest BCUT2D eigenvalue weighted by atomic mass is 16.2. The smallest absolute Gasteiger partial charge is 0.241 e. The summed E-state index contributed by atoms with van der Waals surface area (Å²) in [5.41, 5.74) is -0.826. The van der Waals surface area contributed by atoms with Gasteiger partial charge in [-0.05, 0) is 12.8 Å². The Morgan fingerprint density at radius 2 is 1.93 bits per heavy atom. The van der Waals surface area contributed by atoms with Crippen molar-refractivity contribution in [1.82, 2.24) is 5.32 Å². The van der Waals surface area contributed by atoms with Crippen molar-refractivity contribution < 1.29 is 4.79 Å². The molecule has 0 aromatic heterocycles. The number of amides is 1. The summed E-state index contributed by atoms with van der Waals surface area (Å²) in [5, 5.41) is 11.8. The predicted octanol–water partition coefficient (Wildman–Crippen LogP) is 1.60. The number of nitrogens with one attached hydrogen (secondary N) is 1. The van der Waals surface area contributed by atoms with E-state index in [4.69, 9.17) is 6.42 Å². The van der Waals surface area contributed by atoms with Gasteiger partial charge in [0.25, 0.3) is 0 Å². The van der Waals surface area contributed by atoms with Gasteiger partial charge in [-0.25, -0.2) is 0 Å². The van der Waals surface area contributed by atoms with Crippen molar-refractivity contribution in [3.8, 4) is 18.4 Å². The molecular formula is C12H16N2O. The van der Waals surface area contributed by atoms with E-state index in [-0.39, 0.29) is 12.5 Å². The van der Waals surface area contributed by atoms with Gasteiger partial charge in [-0.1, -0.05) is 31.6 Å². The van der Waals surface area contributed by atoms with Gasteiger partial charge in [0.05, 0.1) is 12.6 Å². The summed E-state index contributed by atoms with van der Waals surface area (Å²) in [6.45, 7) is 0.211. The lowest BCUT2D eigenvalue weighted by Gasteiger charge is -2.22. The fourth-order valence-corrected chi connectivity index (χ4v) is 2.02. The van der Waals surface area contributed by atoms with Crippen LogP contribution in [0.4, 0.5) is 0 Å². The molecule has 80 valence electrons. The quantitative estimate of drug-likeness (QED) is 0.548. The van der Waals surface area contributed by atoms with Crippen LogP contribution in [0.25, 0.3) is 0 Å². The fraction of sp³-hybridized carbons (Fsp3) is 0.667. The van der Waals surface area contributed by atoms with E-state index in [1.54, 1.807) is 0 Å². The molecule has 3 heteroatoms. The average Bonchev–Trinajstić information content (AvgIpc) is 2.52. The molecule has 15 heavy (non-hydrogen) atoms. The molecule has 1 N–H and O–H groups in total. The molecule has 0 unspecified atom stereocenters. The molecule has 3 nitrogen and oxygen atoms in total. The summed E-state index contributed by atoms with van der Waals surface area (Å²) in [5.74, 6) is 2.16. The highest BCUT2D eigenvalue weighted by Crippen LogP contribution is 2.34. The lowest BCUT2D eigenvalue weighted by atomic mass is 9.81. The van der Waals surface area contributed by atoms with E-state index < -0.39 is 5.41 Å². The van der Waals surface area contributed by atoms with Crippen molar-refractivity contribution >= 4 is 5.91 Å². The standard InChI is InChI=1S/C12H16N2O/c1-2-9-14-11(15)12(10-13)7-5-3-4-6-8-12/h1H,3-9H2,(H,14,15). The van der Waals surface area contributed by atoms with Crippen LogP contribution in [0.3, 0.4) is 0 Å². The summed E-state index contributed by atoms with van der Waals surface area (Å²) < 4.78 is 0. The third kappa shape index (κ3) is 2.73. The van der Waals surface area contributed by atoms with Gasteiger partial charge < -0.3 is 5.32 Å². The van der Waals surface area contributed by atoms with Gasteiger partial charge in [-0.15, -0.1) is 6.42 Å². The van der Waals surface area contributed by atoms with Crippen LogP contribution in [0.5, 0.6) is 0 Å². The Kier molecular flexibility index (Phi) is 4.18. The zero-order valence-corrected chi connectivity index (χ0v) is 8.88. The maximum Gasteiger partial charge on any atom is 0.241 e. The molecule has 1 rings (SSSR count). The number of nitriles is 1. The lowest BCUT2D eigenvalue weighted by Crippen LogP contribution is -2.40. The number of hydrogen-bond donors (Lipinski definition) is 1. The first kappa shape index (κ1) is 11.6. The lowest BCUT2D eigenvalue weighted by molar-refractivity contribution is -0.128. The Morgan fingerprint density at radius 1 is 1.33 bits per heavy atom. The molecule has 0 aromatic carbocycles. The maximum absolute atomic E-state index is 11.8. The minimum absolute atomic E-state index is 0.190. The average molecular weight is 204 g/mol. The van der Waals surface area contributed by atoms with Crippen molar-refractivity contribution in [2.45, 2.75) is 38.5 Å². The fourth-order valence-electron chi connectivity index (χ4n) is 2.02. The third-order valence-corrected chi connectivity index (χ3v) is 2.96. The molecule has 0 saturated heterocycles. The van der Waals surface area contributed by atoms with Crippen LogP contribution in [0, 0.1) is 29.1 Å². The van der Waals surface area contributed by atoms with Gasteiger partial charge in [-0.2, -0.15) is 5.26 Å². The normalized spacial score (nSPS) is 19.3. The van der Waals surface area contributed by atoms with Gasteiger partial charge in [-0.3, -0.25) is 4.79 Å². The SMILES string of the molecule is C#CCNC(=O)C1(C#N)CCCCCC1. The topological polar surface area (TPSA) is 52.9 Å². The van der Waals surface area contributed by atoms with E-state index in [1.165, 1.54) is 0 Å². The zero-order valence-electron chi connectivity index (χ0n) is 8.88. The molecular weight excluding hydrogens is 188 g/mol. The van der Waals surface area contributed by atoms with Crippen molar-refractivity contribution in [3.63, 3.8) is 0 Å². The molecule has 1 aliphatic carbocycles. The summed E-state index contributed by atoms with van der Waals surface area (Å²) in [4.78, 5) is 11.8. The summed E-state index contributed by atoms with van der Waals surface area (Å²) >= 11 is 0. The number of hydrogen-bond acceptors (Lipinski definition) is 2. The van der Waals surface area contributed by atoms with Crippen LogP contribution in [0.1, 0.15) is 38.5 Å². The molecule has 0 bridgehead atoms. The van der Waals surface area contributed by atoms with Crippen molar-refractivity contribution in [1.29, 1.82) is 5.26 Å². The highest BCUT2D eigenvalue weighted by molar-refractivity contribution is 5.85. The molecule has 1 amide bonds. The first-order valence-corrected chi connectivity index (χ1v) is 5.38. The molecule has 1 fully saturated rings. The molecule has 1 saturated carbocycles. The van der Waals surface area contributed by atoms with Gasteiger partial charge >= 0.3 is 0 Å². The Labute approximate surface area is 90.9 Å². The number of carbonyl (C=O) groups is 1. The van der Waals surface area contributed by atoms with Gasteiger partial charge in [0, 0.05) is 0 Å². The second-order valence-corrected chi connectivity index (χ2v) is 3.99. The monoisotopic (exact) mass is 204 g/mol. The molecule has 0 atom stereocenters. The second-order valence-electron chi connectivity index (χ2n) is 3.99. The Balaban J connectivity index is 2.70. The predicted molar refractivity (Wildman–Crippen MR) is 57.6 cm³/mol. The van der Waals surface area contributed by atoms with E-state index in [1.807, 2.05) is 0 Å². The van der Waals surface area contributed by atoms with E-state index in [0.717, 1.165) is 25.7 Å². The summed E-state index contributed by atoms with van der Waals surface area (Å²) in [6.07, 6.45) is 10.6. The molecule has 0 radical (unpaired) electrons. The number of terminal acetylenes is 1. The van der Waals surface area contributed by atoms with Crippen LogP contribution in [0.15, 0.2) is 0 Å². The second kappa shape index (κ2) is 5.41. The van der Waals surface area contributed by atoms with E-state index >= 15 is 0 Å². The summed E-state index contributed by atoms with van der Waals surface area (Å²) in [7, 11) is 0. The van der Waals surface area contributed by atoms with E-state index in [0.29, 0.717) is 12.8 Å². The van der Waals surface area contributed by atoms with Gasteiger partial charge in [0.2, 0.25) is 5.91 Å². The van der Waals surface area contributed by atoms with Crippen LogP contribution in [0.2, 0.25) is 0 Å². The van der Waals surface area contributed by atoms with Crippen LogP contribution >= 0.6 is 0 Å². The first-order valence-electron chi connectivity index (χ1n) is 5.38. The maximum atomic E-state index is 11.8. The highest BCUT2D eigenvalue weighted by Gasteiger charge is 2.38. The number of rotatable bonds is 2. The van der Waals surface area contributed by atoms with Crippen molar-refractivity contribution in [2.24, 2.45) is 5.41 Å². The molecule has 0 heterocycles. The molecule has 0 aromatic rings. The Morgan fingerprint density at radius 3 is 2.40 bits per heavy atom. The Bertz CT molecular complexity index is 301. The largest absolute Gasteiger partial charge is 0.344 e.